The third kappa shape index (κ3) is 3.43. The summed E-state index contributed by atoms with van der Waals surface area (Å²) >= 11 is 3.51. The highest BCUT2D eigenvalue weighted by Gasteiger charge is 2.32. The molecule has 20 heavy (non-hydrogen) atoms. The van der Waals surface area contributed by atoms with Crippen molar-refractivity contribution in [1.82, 2.24) is 5.32 Å². The van der Waals surface area contributed by atoms with Crippen LogP contribution in [-0.2, 0) is 9.84 Å². The van der Waals surface area contributed by atoms with Gasteiger partial charge in [0.15, 0.2) is 9.84 Å². The highest BCUT2D eigenvalue weighted by atomic mass is 79.9. The molecule has 1 aromatic carbocycles. The maximum Gasteiger partial charge on any atom is 0.150 e. The number of hydrogen-bond acceptors (Lipinski definition) is 3. The number of rotatable bonds is 4. The van der Waals surface area contributed by atoms with E-state index in [1.54, 1.807) is 0 Å². The van der Waals surface area contributed by atoms with Crippen molar-refractivity contribution in [2.45, 2.75) is 31.2 Å². The Hall–Kier alpha value is -0.390. The average molecular weight is 358 g/mol. The van der Waals surface area contributed by atoms with Crippen molar-refractivity contribution in [1.29, 1.82) is 0 Å². The number of hydrogen-bond donors (Lipinski definition) is 1. The maximum atomic E-state index is 11.4. The van der Waals surface area contributed by atoms with E-state index in [0.717, 1.165) is 30.3 Å². The first-order valence-corrected chi connectivity index (χ1v) is 9.82. The van der Waals surface area contributed by atoms with Gasteiger partial charge in [-0.1, -0.05) is 28.1 Å². The summed E-state index contributed by atoms with van der Waals surface area (Å²) < 4.78 is 24.0. The Morgan fingerprint density at radius 2 is 2.10 bits per heavy atom. The number of halogens is 1. The van der Waals surface area contributed by atoms with Crippen LogP contribution >= 0.6 is 15.9 Å². The second-order valence-electron chi connectivity index (χ2n) is 6.10. The molecule has 1 unspecified atom stereocenters. The number of nitrogens with one attached hydrogen (secondary N) is 1. The van der Waals surface area contributed by atoms with E-state index in [9.17, 15) is 8.42 Å². The van der Waals surface area contributed by atoms with Crippen LogP contribution in [0.2, 0.25) is 0 Å². The first kappa shape index (κ1) is 14.5. The zero-order chi connectivity index (χ0) is 14.2. The van der Waals surface area contributed by atoms with Crippen molar-refractivity contribution in [3.05, 3.63) is 34.3 Å². The summed E-state index contributed by atoms with van der Waals surface area (Å²) in [4.78, 5) is 0. The smallest absolute Gasteiger partial charge is 0.150 e. The molecular weight excluding hydrogens is 338 g/mol. The maximum absolute atomic E-state index is 11.4. The minimum Gasteiger partial charge on any atom is -0.314 e. The molecule has 1 heterocycles. The Balaban J connectivity index is 1.43. The van der Waals surface area contributed by atoms with Crippen molar-refractivity contribution in [2.24, 2.45) is 5.92 Å². The molecule has 2 aliphatic rings. The van der Waals surface area contributed by atoms with Crippen LogP contribution in [0.15, 0.2) is 28.7 Å². The van der Waals surface area contributed by atoms with E-state index >= 15 is 0 Å². The van der Waals surface area contributed by atoms with Gasteiger partial charge in [0.25, 0.3) is 0 Å². The quantitative estimate of drug-likeness (QED) is 0.900. The second kappa shape index (κ2) is 5.78. The van der Waals surface area contributed by atoms with Gasteiger partial charge >= 0.3 is 0 Å². The Morgan fingerprint density at radius 3 is 2.75 bits per heavy atom. The Morgan fingerprint density at radius 1 is 1.30 bits per heavy atom. The molecule has 0 spiro atoms. The molecule has 1 saturated heterocycles. The molecule has 0 amide bonds. The van der Waals surface area contributed by atoms with Crippen LogP contribution in [-0.4, -0.2) is 32.5 Å². The third-order valence-corrected chi connectivity index (χ3v) is 6.81. The summed E-state index contributed by atoms with van der Waals surface area (Å²) in [5.41, 5.74) is 1.40. The summed E-state index contributed by atoms with van der Waals surface area (Å²) in [6.07, 6.45) is 3.16. The SMILES string of the molecule is O=S1(=O)CCC(CNC2CC(c3cccc(Br)c3)C2)C1. The van der Waals surface area contributed by atoms with Gasteiger partial charge in [-0.15, -0.1) is 0 Å². The molecule has 1 aliphatic heterocycles. The summed E-state index contributed by atoms with van der Waals surface area (Å²) in [5, 5.41) is 3.54. The molecule has 1 N–H and O–H groups in total. The van der Waals surface area contributed by atoms with Crippen molar-refractivity contribution in [2.75, 3.05) is 18.1 Å². The topological polar surface area (TPSA) is 46.2 Å². The molecule has 1 aliphatic carbocycles. The van der Waals surface area contributed by atoms with Gasteiger partial charge in [-0.2, -0.15) is 0 Å². The first-order valence-electron chi connectivity index (χ1n) is 7.21. The monoisotopic (exact) mass is 357 g/mol. The van der Waals surface area contributed by atoms with Crippen molar-refractivity contribution < 1.29 is 8.42 Å². The molecule has 0 bridgehead atoms. The molecule has 1 aromatic rings. The van der Waals surface area contributed by atoms with Gasteiger partial charge in [0.1, 0.15) is 0 Å². The van der Waals surface area contributed by atoms with Crippen LogP contribution in [0.1, 0.15) is 30.7 Å². The van der Waals surface area contributed by atoms with E-state index in [-0.39, 0.29) is 0 Å². The molecule has 1 atom stereocenters. The molecule has 2 fully saturated rings. The van der Waals surface area contributed by atoms with Gasteiger partial charge in [-0.3, -0.25) is 0 Å². The van der Waals surface area contributed by atoms with Gasteiger partial charge < -0.3 is 5.32 Å². The second-order valence-corrected chi connectivity index (χ2v) is 9.24. The van der Waals surface area contributed by atoms with Gasteiger partial charge in [0, 0.05) is 10.5 Å². The summed E-state index contributed by atoms with van der Waals surface area (Å²) in [6.45, 7) is 0.856. The fourth-order valence-electron chi connectivity index (χ4n) is 3.18. The predicted molar refractivity (Wildman–Crippen MR) is 84.7 cm³/mol. The van der Waals surface area contributed by atoms with Crippen LogP contribution < -0.4 is 5.32 Å². The van der Waals surface area contributed by atoms with Gasteiger partial charge in [0.2, 0.25) is 0 Å². The van der Waals surface area contributed by atoms with E-state index in [1.165, 1.54) is 5.56 Å². The van der Waals surface area contributed by atoms with E-state index < -0.39 is 9.84 Å². The highest BCUT2D eigenvalue weighted by molar-refractivity contribution is 9.10. The average Bonchev–Trinajstić information content (AvgIpc) is 2.67. The van der Waals surface area contributed by atoms with Crippen molar-refractivity contribution >= 4 is 25.8 Å². The lowest BCUT2D eigenvalue weighted by Gasteiger charge is -2.37. The summed E-state index contributed by atoms with van der Waals surface area (Å²) in [7, 11) is -2.74. The van der Waals surface area contributed by atoms with Crippen LogP contribution in [0.4, 0.5) is 0 Å². The van der Waals surface area contributed by atoms with Crippen LogP contribution in [0.5, 0.6) is 0 Å². The van der Waals surface area contributed by atoms with E-state index in [4.69, 9.17) is 0 Å². The lowest BCUT2D eigenvalue weighted by atomic mass is 9.76. The minimum atomic E-state index is -2.74. The zero-order valence-corrected chi connectivity index (χ0v) is 13.8. The first-order chi connectivity index (χ1) is 9.52. The Kier molecular flexibility index (Phi) is 4.20. The largest absolute Gasteiger partial charge is 0.314 e. The zero-order valence-electron chi connectivity index (χ0n) is 11.4. The van der Waals surface area contributed by atoms with E-state index in [0.29, 0.717) is 29.4 Å². The summed E-state index contributed by atoms with van der Waals surface area (Å²) in [5.74, 6) is 1.73. The third-order valence-electron chi connectivity index (χ3n) is 4.48. The van der Waals surface area contributed by atoms with E-state index in [1.807, 2.05) is 0 Å². The fraction of sp³-hybridized carbons (Fsp3) is 0.600. The van der Waals surface area contributed by atoms with Gasteiger partial charge in [-0.25, -0.2) is 8.42 Å². The lowest BCUT2D eigenvalue weighted by molar-refractivity contribution is 0.279. The molecule has 0 aromatic heterocycles. The number of benzene rings is 1. The Labute approximate surface area is 129 Å². The normalized spacial score (nSPS) is 31.9. The van der Waals surface area contributed by atoms with E-state index in [2.05, 4.69) is 45.5 Å². The molecule has 0 radical (unpaired) electrons. The van der Waals surface area contributed by atoms with Crippen LogP contribution in [0, 0.1) is 5.92 Å². The number of sulfone groups is 1. The fourth-order valence-corrected chi connectivity index (χ4v) is 5.46. The van der Waals surface area contributed by atoms with Crippen molar-refractivity contribution in [3.63, 3.8) is 0 Å². The molecular formula is C15H20BrNO2S. The van der Waals surface area contributed by atoms with Gasteiger partial charge in [0.05, 0.1) is 11.5 Å². The molecule has 3 nitrogen and oxygen atoms in total. The lowest BCUT2D eigenvalue weighted by Crippen LogP contribution is -2.42. The van der Waals surface area contributed by atoms with Crippen LogP contribution in [0.25, 0.3) is 0 Å². The van der Waals surface area contributed by atoms with Crippen LogP contribution in [0.3, 0.4) is 0 Å². The summed E-state index contributed by atoms with van der Waals surface area (Å²) in [6, 6.07) is 9.09. The molecule has 3 rings (SSSR count). The molecule has 5 heteroatoms. The van der Waals surface area contributed by atoms with Gasteiger partial charge in [-0.05, 0) is 55.3 Å². The molecule has 1 saturated carbocycles. The van der Waals surface area contributed by atoms with Crippen molar-refractivity contribution in [3.8, 4) is 0 Å². The minimum absolute atomic E-state index is 0.324. The predicted octanol–water partition coefficient (Wildman–Crippen LogP) is 2.72. The Bertz CT molecular complexity index is 581. The highest BCUT2D eigenvalue weighted by Crippen LogP contribution is 2.37. The standard InChI is InChI=1S/C15H20BrNO2S/c16-14-3-1-2-12(6-14)13-7-15(8-13)17-9-11-4-5-20(18,19)10-11/h1-3,6,11,13,15,17H,4-5,7-10H2. The molecule has 110 valence electrons.